The van der Waals surface area contributed by atoms with Crippen LogP contribution in [0.2, 0.25) is 0 Å². The molecule has 0 aromatic heterocycles. The minimum atomic E-state index is -0.966. The molecular formula is C12H10BrFN2O2S. The molecule has 1 aromatic rings. The lowest BCUT2D eigenvalue weighted by molar-refractivity contribution is -0.138. The van der Waals surface area contributed by atoms with Gasteiger partial charge in [-0.15, -0.1) is 0 Å². The molecule has 1 atom stereocenters. The number of benzene rings is 1. The highest BCUT2D eigenvalue weighted by Gasteiger charge is 2.31. The Morgan fingerprint density at radius 2 is 2.37 bits per heavy atom. The Kier molecular flexibility index (Phi) is 4.32. The molecule has 4 nitrogen and oxygen atoms in total. The number of aliphatic carboxylic acids is 1. The van der Waals surface area contributed by atoms with Crippen LogP contribution in [-0.4, -0.2) is 35.2 Å². The molecule has 0 spiro atoms. The van der Waals surface area contributed by atoms with Gasteiger partial charge in [-0.3, -0.25) is 0 Å². The van der Waals surface area contributed by atoms with Crippen LogP contribution in [0.1, 0.15) is 5.56 Å². The Hall–Kier alpha value is -1.26. The standard InChI is InChI=1S/C12H10BrFN2O2S/c13-10-7(5-15)1-2-8(11(10)14)16-3-4-19-6-9(16)12(17)18/h1-2,9H,3-4,6H2,(H,17,18). The molecule has 0 aliphatic carbocycles. The Labute approximate surface area is 122 Å². The van der Waals surface area contributed by atoms with Crippen molar-refractivity contribution in [2.75, 3.05) is 23.0 Å². The van der Waals surface area contributed by atoms with Crippen molar-refractivity contribution in [1.29, 1.82) is 5.26 Å². The zero-order valence-corrected chi connectivity index (χ0v) is 12.2. The Bertz CT molecular complexity index is 561. The molecule has 19 heavy (non-hydrogen) atoms. The van der Waals surface area contributed by atoms with E-state index in [4.69, 9.17) is 5.26 Å². The van der Waals surface area contributed by atoms with Crippen LogP contribution in [-0.2, 0) is 4.79 Å². The smallest absolute Gasteiger partial charge is 0.327 e. The van der Waals surface area contributed by atoms with Crippen molar-refractivity contribution < 1.29 is 14.3 Å². The van der Waals surface area contributed by atoms with E-state index < -0.39 is 17.8 Å². The largest absolute Gasteiger partial charge is 0.480 e. The molecular weight excluding hydrogens is 335 g/mol. The summed E-state index contributed by atoms with van der Waals surface area (Å²) >= 11 is 4.58. The summed E-state index contributed by atoms with van der Waals surface area (Å²) < 4.78 is 14.3. The quantitative estimate of drug-likeness (QED) is 0.892. The van der Waals surface area contributed by atoms with E-state index in [1.807, 2.05) is 6.07 Å². The molecule has 0 bridgehead atoms. The fourth-order valence-corrected chi connectivity index (χ4v) is 3.41. The summed E-state index contributed by atoms with van der Waals surface area (Å²) in [6.07, 6.45) is 0. The van der Waals surface area contributed by atoms with Gasteiger partial charge in [0.1, 0.15) is 12.1 Å². The van der Waals surface area contributed by atoms with Gasteiger partial charge in [0.15, 0.2) is 5.82 Å². The number of hydrogen-bond acceptors (Lipinski definition) is 4. The number of nitrogens with zero attached hydrogens (tertiary/aromatic N) is 2. The Morgan fingerprint density at radius 1 is 1.63 bits per heavy atom. The number of rotatable bonds is 2. The minimum Gasteiger partial charge on any atom is -0.480 e. The molecule has 0 radical (unpaired) electrons. The van der Waals surface area contributed by atoms with Crippen molar-refractivity contribution in [2.45, 2.75) is 6.04 Å². The van der Waals surface area contributed by atoms with E-state index in [1.165, 1.54) is 23.9 Å². The first-order valence-electron chi connectivity index (χ1n) is 5.51. The lowest BCUT2D eigenvalue weighted by Crippen LogP contribution is -2.47. The van der Waals surface area contributed by atoms with E-state index in [-0.39, 0.29) is 15.7 Å². The summed E-state index contributed by atoms with van der Waals surface area (Å²) in [5, 5.41) is 18.0. The van der Waals surface area contributed by atoms with Gasteiger partial charge in [0.2, 0.25) is 0 Å². The van der Waals surface area contributed by atoms with Gasteiger partial charge in [0.05, 0.1) is 15.7 Å². The van der Waals surface area contributed by atoms with E-state index in [0.29, 0.717) is 12.3 Å². The molecule has 2 rings (SSSR count). The molecule has 1 saturated heterocycles. The van der Waals surface area contributed by atoms with E-state index in [0.717, 1.165) is 5.75 Å². The molecule has 0 saturated carbocycles. The second-order valence-electron chi connectivity index (χ2n) is 3.99. The molecule has 0 amide bonds. The summed E-state index contributed by atoms with van der Waals surface area (Å²) in [6, 6.07) is 4.08. The Balaban J connectivity index is 2.43. The number of halogens is 2. The molecule has 1 aliphatic heterocycles. The summed E-state index contributed by atoms with van der Waals surface area (Å²) in [7, 11) is 0. The van der Waals surface area contributed by atoms with Gasteiger partial charge >= 0.3 is 5.97 Å². The molecule has 1 aliphatic rings. The highest BCUT2D eigenvalue weighted by molar-refractivity contribution is 9.10. The SMILES string of the molecule is N#Cc1ccc(N2CCSCC2C(=O)O)c(F)c1Br. The van der Waals surface area contributed by atoms with Crippen LogP contribution >= 0.6 is 27.7 Å². The van der Waals surface area contributed by atoms with E-state index in [9.17, 15) is 14.3 Å². The maximum absolute atomic E-state index is 14.2. The second kappa shape index (κ2) is 5.80. The number of anilines is 1. The van der Waals surface area contributed by atoms with Crippen LogP contribution in [0.4, 0.5) is 10.1 Å². The van der Waals surface area contributed by atoms with E-state index >= 15 is 0 Å². The predicted molar refractivity (Wildman–Crippen MR) is 74.9 cm³/mol. The second-order valence-corrected chi connectivity index (χ2v) is 5.94. The number of hydrogen-bond donors (Lipinski definition) is 1. The van der Waals surface area contributed by atoms with Crippen LogP contribution < -0.4 is 4.90 Å². The topological polar surface area (TPSA) is 64.3 Å². The first-order chi connectivity index (χ1) is 9.06. The first kappa shape index (κ1) is 14.2. The Morgan fingerprint density at radius 3 is 3.00 bits per heavy atom. The van der Waals surface area contributed by atoms with Gasteiger partial charge < -0.3 is 10.0 Å². The lowest BCUT2D eigenvalue weighted by atomic mass is 10.1. The number of nitriles is 1. The zero-order chi connectivity index (χ0) is 14.0. The van der Waals surface area contributed by atoms with Gasteiger partial charge in [0.25, 0.3) is 0 Å². The zero-order valence-electron chi connectivity index (χ0n) is 9.77. The lowest BCUT2D eigenvalue weighted by Gasteiger charge is -2.34. The normalized spacial score (nSPS) is 19.0. The maximum Gasteiger partial charge on any atom is 0.327 e. The van der Waals surface area contributed by atoms with Crippen molar-refractivity contribution in [3.05, 3.63) is 28.0 Å². The van der Waals surface area contributed by atoms with Gasteiger partial charge in [-0.25, -0.2) is 9.18 Å². The van der Waals surface area contributed by atoms with Crippen LogP contribution in [0.3, 0.4) is 0 Å². The third-order valence-corrected chi connectivity index (χ3v) is 4.70. The number of carboxylic acid groups (broad SMARTS) is 1. The number of thioether (sulfide) groups is 1. The van der Waals surface area contributed by atoms with Crippen molar-refractivity contribution in [3.63, 3.8) is 0 Å². The van der Waals surface area contributed by atoms with E-state index in [2.05, 4.69) is 15.9 Å². The van der Waals surface area contributed by atoms with Crippen molar-refractivity contribution in [3.8, 4) is 6.07 Å². The van der Waals surface area contributed by atoms with Crippen molar-refractivity contribution in [1.82, 2.24) is 0 Å². The predicted octanol–water partition coefficient (Wildman–Crippen LogP) is 2.47. The summed E-state index contributed by atoms with van der Waals surface area (Å²) in [5.74, 6) is -0.378. The monoisotopic (exact) mass is 344 g/mol. The van der Waals surface area contributed by atoms with Gasteiger partial charge in [-0.05, 0) is 28.1 Å². The fourth-order valence-electron chi connectivity index (χ4n) is 1.94. The number of carbonyl (C=O) groups is 1. The van der Waals surface area contributed by atoms with Crippen molar-refractivity contribution >= 4 is 39.3 Å². The molecule has 1 aromatic carbocycles. The molecule has 1 N–H and O–H groups in total. The number of carboxylic acids is 1. The fraction of sp³-hybridized carbons (Fsp3) is 0.333. The van der Waals surface area contributed by atoms with E-state index in [1.54, 1.807) is 4.90 Å². The van der Waals surface area contributed by atoms with Crippen LogP contribution in [0, 0.1) is 17.1 Å². The maximum atomic E-state index is 14.2. The molecule has 1 heterocycles. The minimum absolute atomic E-state index is 0.0786. The molecule has 7 heteroatoms. The highest BCUT2D eigenvalue weighted by atomic mass is 79.9. The summed E-state index contributed by atoms with van der Waals surface area (Å²) in [6.45, 7) is 0.469. The summed E-state index contributed by atoms with van der Waals surface area (Å²) in [5.41, 5.74) is 0.415. The molecule has 1 unspecified atom stereocenters. The van der Waals surface area contributed by atoms with Gasteiger partial charge in [-0.1, -0.05) is 0 Å². The average Bonchev–Trinajstić information content (AvgIpc) is 2.42. The van der Waals surface area contributed by atoms with Gasteiger partial charge in [-0.2, -0.15) is 17.0 Å². The third kappa shape index (κ3) is 2.69. The molecule has 1 fully saturated rings. The summed E-state index contributed by atoms with van der Waals surface area (Å²) in [4.78, 5) is 12.8. The van der Waals surface area contributed by atoms with Crippen LogP contribution in [0.5, 0.6) is 0 Å². The van der Waals surface area contributed by atoms with Crippen LogP contribution in [0.15, 0.2) is 16.6 Å². The highest BCUT2D eigenvalue weighted by Crippen LogP contribution is 2.32. The first-order valence-corrected chi connectivity index (χ1v) is 7.46. The van der Waals surface area contributed by atoms with Crippen molar-refractivity contribution in [2.24, 2.45) is 0 Å². The van der Waals surface area contributed by atoms with Gasteiger partial charge in [0, 0.05) is 18.1 Å². The third-order valence-electron chi connectivity index (χ3n) is 2.91. The van der Waals surface area contributed by atoms with Crippen LogP contribution in [0.25, 0.3) is 0 Å². The average molecular weight is 345 g/mol. The molecule has 100 valence electrons.